The van der Waals surface area contributed by atoms with Crippen LogP contribution in [-0.4, -0.2) is 52.0 Å². The van der Waals surface area contributed by atoms with E-state index in [1.807, 2.05) is 18.6 Å². The van der Waals surface area contributed by atoms with Gasteiger partial charge in [-0.05, 0) is 92.9 Å². The van der Waals surface area contributed by atoms with Gasteiger partial charge in [0, 0.05) is 41.7 Å². The molecule has 1 aliphatic carbocycles. The van der Waals surface area contributed by atoms with Crippen molar-refractivity contribution >= 4 is 21.9 Å². The number of rotatable bonds is 6. The van der Waals surface area contributed by atoms with E-state index in [-0.39, 0.29) is 5.75 Å². The van der Waals surface area contributed by atoms with E-state index < -0.39 is 6.36 Å². The number of nitrogens with zero attached hydrogens (tertiary/aromatic N) is 3. The number of aromatic nitrogens is 3. The maximum absolute atomic E-state index is 12.4. The summed E-state index contributed by atoms with van der Waals surface area (Å²) in [6.07, 6.45) is 7.97. The molecule has 0 radical (unpaired) electrons. The molecule has 38 heavy (non-hydrogen) atoms. The van der Waals surface area contributed by atoms with E-state index in [4.69, 9.17) is 4.74 Å². The monoisotopic (exact) mass is 524 g/mol. The van der Waals surface area contributed by atoms with E-state index in [2.05, 4.69) is 36.7 Å². The highest BCUT2D eigenvalue weighted by Crippen LogP contribution is 2.40. The number of piperidine rings is 1. The molecule has 9 heteroatoms. The normalized spacial score (nSPS) is 23.1. The highest BCUT2D eigenvalue weighted by molar-refractivity contribution is 6.05. The van der Waals surface area contributed by atoms with E-state index in [0.29, 0.717) is 30.2 Å². The van der Waals surface area contributed by atoms with Crippen LogP contribution in [0.3, 0.4) is 0 Å². The Morgan fingerprint density at radius 2 is 1.74 bits per heavy atom. The van der Waals surface area contributed by atoms with Crippen molar-refractivity contribution in [2.45, 2.75) is 56.8 Å². The molecule has 2 aliphatic rings. The Labute approximate surface area is 219 Å². The molecule has 1 atom stereocenters. The summed E-state index contributed by atoms with van der Waals surface area (Å²) in [5, 5.41) is 2.38. The topological polar surface area (TPSA) is 63.3 Å². The van der Waals surface area contributed by atoms with Crippen molar-refractivity contribution < 1.29 is 22.6 Å². The van der Waals surface area contributed by atoms with Gasteiger partial charge in [0.2, 0.25) is 0 Å². The van der Waals surface area contributed by atoms with Crippen LogP contribution in [0.1, 0.15) is 50.0 Å². The van der Waals surface area contributed by atoms with E-state index in [1.54, 1.807) is 0 Å². The molecule has 0 bridgehead atoms. The quantitative estimate of drug-likeness (QED) is 0.300. The number of fused-ring (bicyclic) bond motifs is 3. The highest BCUT2D eigenvalue weighted by atomic mass is 19.4. The van der Waals surface area contributed by atoms with Crippen molar-refractivity contribution in [2.75, 3.05) is 19.7 Å². The Morgan fingerprint density at radius 1 is 0.947 bits per heavy atom. The van der Waals surface area contributed by atoms with Gasteiger partial charge in [-0.3, -0.25) is 4.90 Å². The maximum atomic E-state index is 12.4. The molecule has 1 saturated heterocycles. The van der Waals surface area contributed by atoms with E-state index in [1.165, 1.54) is 48.1 Å². The van der Waals surface area contributed by atoms with Gasteiger partial charge < -0.3 is 14.5 Å². The molecular weight excluding hydrogens is 493 g/mol. The summed E-state index contributed by atoms with van der Waals surface area (Å²) >= 11 is 0. The summed E-state index contributed by atoms with van der Waals surface area (Å²) in [6.45, 7) is 2.68. The largest absolute Gasteiger partial charge is 0.573 e. The van der Waals surface area contributed by atoms with Crippen molar-refractivity contribution in [1.82, 2.24) is 19.9 Å². The van der Waals surface area contributed by atoms with Crippen LogP contribution >= 0.6 is 0 Å². The van der Waals surface area contributed by atoms with E-state index >= 15 is 0 Å². The number of alkyl halides is 3. The van der Waals surface area contributed by atoms with E-state index in [0.717, 1.165) is 55.3 Å². The van der Waals surface area contributed by atoms with Crippen LogP contribution in [0.4, 0.5) is 13.2 Å². The first-order valence-electron chi connectivity index (χ1n) is 13.4. The van der Waals surface area contributed by atoms with Gasteiger partial charge in [-0.2, -0.15) is 0 Å². The van der Waals surface area contributed by atoms with Gasteiger partial charge in [-0.15, -0.1) is 13.2 Å². The lowest BCUT2D eigenvalue weighted by atomic mass is 9.79. The molecule has 3 aromatic heterocycles. The van der Waals surface area contributed by atoms with Gasteiger partial charge in [-0.1, -0.05) is 0 Å². The molecule has 200 valence electrons. The maximum Gasteiger partial charge on any atom is 0.573 e. The summed E-state index contributed by atoms with van der Waals surface area (Å²) in [4.78, 5) is 14.9. The first-order chi connectivity index (χ1) is 18.4. The Bertz CT molecular complexity index is 1380. The fourth-order valence-corrected chi connectivity index (χ4v) is 6.29. The van der Waals surface area contributed by atoms with Crippen LogP contribution in [0.2, 0.25) is 0 Å². The third-order valence-corrected chi connectivity index (χ3v) is 8.07. The fraction of sp³-hybridized carbons (Fsp3) is 0.448. The van der Waals surface area contributed by atoms with Crippen LogP contribution in [0.25, 0.3) is 21.9 Å². The van der Waals surface area contributed by atoms with Gasteiger partial charge in [0.1, 0.15) is 11.5 Å². The van der Waals surface area contributed by atoms with Crippen molar-refractivity contribution in [3.8, 4) is 11.5 Å². The second-order valence-corrected chi connectivity index (χ2v) is 10.5. The molecule has 1 unspecified atom stereocenters. The second-order valence-electron chi connectivity index (χ2n) is 10.5. The fourth-order valence-electron chi connectivity index (χ4n) is 6.29. The molecule has 1 saturated carbocycles. The van der Waals surface area contributed by atoms with Gasteiger partial charge in [0.05, 0.1) is 18.3 Å². The lowest BCUT2D eigenvalue weighted by Gasteiger charge is -2.41. The van der Waals surface area contributed by atoms with Gasteiger partial charge in [-0.25, -0.2) is 9.97 Å². The average molecular weight is 525 g/mol. The molecule has 1 aliphatic heterocycles. The first kappa shape index (κ1) is 25.0. The molecule has 6 rings (SSSR count). The average Bonchev–Trinajstić information content (AvgIpc) is 3.41. The van der Waals surface area contributed by atoms with Crippen LogP contribution in [0.15, 0.2) is 55.0 Å². The van der Waals surface area contributed by atoms with Crippen LogP contribution in [0.5, 0.6) is 11.5 Å². The number of H-pyrrole nitrogens is 1. The standard InChI is InChI=1S/C29H31F3N4O2/c30-29(31,32)38-23-9-7-22(8-10-23)37-18-19-2-1-15-36(17-19)21-5-3-20(4-6-21)24-11-13-33-26-16-35-28-25(27(24)26)12-14-34-28/h7-14,16,19-21,33H,1-6,15,17-18H2. The number of pyridine rings is 2. The highest BCUT2D eigenvalue weighted by Gasteiger charge is 2.32. The lowest BCUT2D eigenvalue weighted by molar-refractivity contribution is -0.274. The Kier molecular flexibility index (Phi) is 6.86. The third kappa shape index (κ3) is 5.43. The predicted molar refractivity (Wildman–Crippen MR) is 139 cm³/mol. The molecule has 6 nitrogen and oxygen atoms in total. The van der Waals surface area contributed by atoms with Gasteiger partial charge in [0.25, 0.3) is 0 Å². The third-order valence-electron chi connectivity index (χ3n) is 8.07. The molecule has 1 N–H and O–H groups in total. The summed E-state index contributed by atoms with van der Waals surface area (Å²) < 4.78 is 47.0. The minimum Gasteiger partial charge on any atom is -0.493 e. The minimum absolute atomic E-state index is 0.238. The van der Waals surface area contributed by atoms with Crippen LogP contribution in [-0.2, 0) is 0 Å². The smallest absolute Gasteiger partial charge is 0.493 e. The number of benzene rings is 1. The molecule has 0 amide bonds. The van der Waals surface area contributed by atoms with E-state index in [9.17, 15) is 13.2 Å². The van der Waals surface area contributed by atoms with Crippen molar-refractivity contribution in [2.24, 2.45) is 5.92 Å². The van der Waals surface area contributed by atoms with Gasteiger partial charge >= 0.3 is 6.36 Å². The number of hydrogen-bond donors (Lipinski definition) is 1. The zero-order valence-electron chi connectivity index (χ0n) is 21.1. The SMILES string of the molecule is FC(F)(F)Oc1ccc(OCC2CCCN(C3CCC(c4cc[nH]c5cnc6nccc6c45)CC3)C2)cc1. The summed E-state index contributed by atoms with van der Waals surface area (Å²) in [7, 11) is 0. The molecule has 4 aromatic rings. The zero-order valence-corrected chi connectivity index (χ0v) is 21.1. The number of aromatic amines is 1. The van der Waals surface area contributed by atoms with Gasteiger partial charge in [0.15, 0.2) is 5.65 Å². The molecule has 2 fully saturated rings. The number of hydrogen-bond acceptors (Lipinski definition) is 5. The Balaban J connectivity index is 1.04. The number of ether oxygens (including phenoxy) is 2. The number of nitrogens with one attached hydrogen (secondary N) is 1. The lowest BCUT2D eigenvalue weighted by Crippen LogP contribution is -2.45. The zero-order chi connectivity index (χ0) is 26.1. The van der Waals surface area contributed by atoms with Crippen LogP contribution < -0.4 is 9.47 Å². The molecule has 1 aromatic carbocycles. The van der Waals surface area contributed by atoms with Crippen molar-refractivity contribution in [3.05, 3.63) is 60.6 Å². The Morgan fingerprint density at radius 3 is 2.53 bits per heavy atom. The van der Waals surface area contributed by atoms with Crippen molar-refractivity contribution in [1.29, 1.82) is 0 Å². The summed E-state index contributed by atoms with van der Waals surface area (Å²) in [6, 6.07) is 10.5. The molecular formula is C29H31F3N4O2. The Hall–Kier alpha value is -3.33. The first-order valence-corrected chi connectivity index (χ1v) is 13.4. The summed E-state index contributed by atoms with van der Waals surface area (Å²) in [5.74, 6) is 1.26. The molecule has 0 spiro atoms. The predicted octanol–water partition coefficient (Wildman–Crippen LogP) is 6.83. The number of likely N-dealkylation sites (tertiary alicyclic amines) is 1. The van der Waals surface area contributed by atoms with Crippen LogP contribution in [0, 0.1) is 5.92 Å². The molecule has 4 heterocycles. The minimum atomic E-state index is -4.69. The summed E-state index contributed by atoms with van der Waals surface area (Å²) in [5.41, 5.74) is 3.26. The van der Waals surface area contributed by atoms with Crippen molar-refractivity contribution in [3.63, 3.8) is 0 Å². The second kappa shape index (κ2) is 10.4. The number of halogens is 3.